The maximum Gasteiger partial charge on any atom is 0.474 e. The molecule has 14 heteroatoms. The Morgan fingerprint density at radius 1 is 1.31 bits per heavy atom. The minimum absolute atomic E-state index is 0.000160. The molecule has 3 rings (SSSR count). The number of piperidine rings is 1. The molecule has 36 heavy (non-hydrogen) atoms. The van der Waals surface area contributed by atoms with Gasteiger partial charge in [0.25, 0.3) is 0 Å². The Morgan fingerprint density at radius 2 is 1.89 bits per heavy atom. The predicted octanol–water partition coefficient (Wildman–Crippen LogP) is 0.731. The zero-order valence-electron chi connectivity index (χ0n) is 20.9. The molecule has 1 saturated carbocycles. The van der Waals surface area contributed by atoms with E-state index in [9.17, 15) is 41.5 Å². The lowest BCUT2D eigenvalue weighted by Crippen LogP contribution is -2.61. The van der Waals surface area contributed by atoms with E-state index in [4.69, 9.17) is 5.73 Å². The van der Waals surface area contributed by atoms with Crippen LogP contribution < -0.4 is 11.1 Å². The number of carbonyl (C=O) groups excluding carboxylic acids is 2. The van der Waals surface area contributed by atoms with Crippen molar-refractivity contribution in [2.24, 2.45) is 34.3 Å². The van der Waals surface area contributed by atoms with E-state index in [2.05, 4.69) is 5.32 Å². The molecular weight excluding hydrogens is 503 g/mol. The number of alkyl halides is 3. The first-order chi connectivity index (χ1) is 16.3. The highest BCUT2D eigenvalue weighted by molar-refractivity contribution is 7.90. The normalized spacial score (nSPS) is 31.6. The number of aliphatic hydroxyl groups is 1. The summed E-state index contributed by atoms with van der Waals surface area (Å²) in [6.45, 7) is 8.00. The molecule has 0 radical (unpaired) electrons. The van der Waals surface area contributed by atoms with Crippen LogP contribution >= 0.6 is 0 Å². The van der Waals surface area contributed by atoms with E-state index in [1.165, 1.54) is 26.8 Å². The van der Waals surface area contributed by atoms with Crippen LogP contribution in [0.4, 0.5) is 13.2 Å². The van der Waals surface area contributed by atoms with Gasteiger partial charge in [0.15, 0.2) is 5.25 Å². The van der Waals surface area contributed by atoms with Crippen molar-refractivity contribution in [2.45, 2.75) is 77.3 Å². The quantitative estimate of drug-likeness (QED) is 0.404. The van der Waals surface area contributed by atoms with E-state index in [0.717, 1.165) is 4.90 Å². The van der Waals surface area contributed by atoms with Gasteiger partial charge in [0.2, 0.25) is 21.8 Å². The van der Waals surface area contributed by atoms with E-state index in [1.54, 1.807) is 0 Å². The van der Waals surface area contributed by atoms with Crippen LogP contribution in [0.1, 0.15) is 47.5 Å². The number of fused-ring (bicyclic) bond motifs is 1. The zero-order chi connectivity index (χ0) is 27.6. The molecule has 2 heterocycles. The fourth-order valence-corrected chi connectivity index (χ4v) is 8.31. The van der Waals surface area contributed by atoms with E-state index >= 15 is 0 Å². The Labute approximate surface area is 209 Å². The van der Waals surface area contributed by atoms with Gasteiger partial charge in [-0.15, -0.1) is 0 Å². The maximum absolute atomic E-state index is 14.3. The van der Waals surface area contributed by atoms with Gasteiger partial charge in [-0.2, -0.15) is 18.4 Å². The highest BCUT2D eigenvalue weighted by atomic mass is 32.2. The van der Waals surface area contributed by atoms with Crippen LogP contribution in [0.15, 0.2) is 0 Å². The molecule has 204 valence electrons. The van der Waals surface area contributed by atoms with Gasteiger partial charge in [-0.05, 0) is 42.1 Å². The summed E-state index contributed by atoms with van der Waals surface area (Å²) in [5.74, 6) is -3.24. The number of amides is 2. The number of primary amides is 1. The number of nitrogens with one attached hydrogen (secondary N) is 1. The first-order valence-electron chi connectivity index (χ1n) is 11.8. The van der Waals surface area contributed by atoms with Crippen molar-refractivity contribution in [2.75, 3.05) is 13.1 Å². The SMILES string of the molecule is CC1(C)C2CN(C(=O)[C@H](C(C)(C)C)S(=O)(=O)N([C@H](C#N)C[C@@H]3CCN[C@H]3O)C(F)(F)F)C(C(N)=O)C21. The molecule has 2 aliphatic heterocycles. The molecule has 10 nitrogen and oxygen atoms in total. The summed E-state index contributed by atoms with van der Waals surface area (Å²) in [5.41, 5.74) is 3.70. The van der Waals surface area contributed by atoms with E-state index in [1.807, 2.05) is 13.8 Å². The van der Waals surface area contributed by atoms with Gasteiger partial charge in [0, 0.05) is 12.5 Å². The molecular formula is C22H34F3N5O5S. The molecule has 0 aromatic rings. The molecule has 7 atom stereocenters. The van der Waals surface area contributed by atoms with Gasteiger partial charge in [0.1, 0.15) is 18.3 Å². The minimum Gasteiger partial charge on any atom is -0.378 e. The second-order valence-electron chi connectivity index (χ2n) is 11.7. The van der Waals surface area contributed by atoms with Gasteiger partial charge < -0.3 is 15.7 Å². The van der Waals surface area contributed by atoms with Crippen molar-refractivity contribution in [3.05, 3.63) is 0 Å². The Morgan fingerprint density at radius 3 is 2.31 bits per heavy atom. The minimum atomic E-state index is -5.53. The van der Waals surface area contributed by atoms with Crippen LogP contribution in [0.2, 0.25) is 0 Å². The number of halogens is 3. The van der Waals surface area contributed by atoms with Crippen molar-refractivity contribution in [1.82, 2.24) is 14.5 Å². The third-order valence-corrected chi connectivity index (χ3v) is 10.4. The number of carbonyl (C=O) groups is 2. The average molecular weight is 538 g/mol. The van der Waals surface area contributed by atoms with Gasteiger partial charge in [-0.25, -0.2) is 8.42 Å². The summed E-state index contributed by atoms with van der Waals surface area (Å²) in [4.78, 5) is 26.9. The van der Waals surface area contributed by atoms with Crippen LogP contribution in [0.25, 0.3) is 0 Å². The standard InChI is InChI=1S/C22H34F3N5O5S/c1-20(2,3)16(19(33)29-10-13-14(21(13,4)5)15(29)17(27)31)36(34,35)30(22(23,24)25)12(9-26)8-11-6-7-28-18(11)32/h11-16,18,28,32H,6-8,10H2,1-5H3,(H2,27,31)/t11-,12-,13?,14?,15?,16+,18-/m0/s1. The third kappa shape index (κ3) is 4.82. The highest BCUT2D eigenvalue weighted by Gasteiger charge is 2.70. The summed E-state index contributed by atoms with van der Waals surface area (Å²) in [7, 11) is -5.53. The number of nitrogens with zero attached hydrogens (tertiary/aromatic N) is 3. The zero-order valence-corrected chi connectivity index (χ0v) is 21.7. The van der Waals surface area contributed by atoms with Crippen LogP contribution in [0.5, 0.6) is 0 Å². The Bertz CT molecular complexity index is 1050. The van der Waals surface area contributed by atoms with Crippen molar-refractivity contribution in [1.29, 1.82) is 5.26 Å². The first-order valence-corrected chi connectivity index (χ1v) is 13.3. The highest BCUT2D eigenvalue weighted by Crippen LogP contribution is 2.65. The molecule has 2 saturated heterocycles. The number of hydrogen-bond acceptors (Lipinski definition) is 7. The number of aliphatic hydroxyl groups excluding tert-OH is 1. The van der Waals surface area contributed by atoms with Crippen LogP contribution in [-0.4, -0.2) is 77.5 Å². The Balaban J connectivity index is 2.03. The number of nitrogens with two attached hydrogens (primary N) is 1. The van der Waals surface area contributed by atoms with Gasteiger partial charge in [-0.3, -0.25) is 14.9 Å². The lowest BCUT2D eigenvalue weighted by Gasteiger charge is -2.40. The molecule has 3 aliphatic rings. The summed E-state index contributed by atoms with van der Waals surface area (Å²) >= 11 is 0. The second-order valence-corrected chi connectivity index (χ2v) is 13.6. The number of rotatable bonds is 7. The fourth-order valence-electron chi connectivity index (χ4n) is 6.02. The summed E-state index contributed by atoms with van der Waals surface area (Å²) in [5, 5.41) is 20.0. The largest absolute Gasteiger partial charge is 0.474 e. The smallest absolute Gasteiger partial charge is 0.378 e. The van der Waals surface area contributed by atoms with Gasteiger partial charge >= 0.3 is 6.30 Å². The monoisotopic (exact) mass is 537 g/mol. The molecule has 3 unspecified atom stereocenters. The topological polar surface area (TPSA) is 157 Å². The van der Waals surface area contributed by atoms with Crippen LogP contribution in [-0.2, 0) is 19.6 Å². The fraction of sp³-hybridized carbons (Fsp3) is 0.864. The van der Waals surface area contributed by atoms with Crippen molar-refractivity contribution < 1.29 is 36.3 Å². The molecule has 0 aromatic carbocycles. The lowest BCUT2D eigenvalue weighted by atomic mass is 9.90. The van der Waals surface area contributed by atoms with E-state index in [0.29, 0.717) is 6.54 Å². The first kappa shape index (κ1) is 28.6. The van der Waals surface area contributed by atoms with E-state index < -0.39 is 73.8 Å². The molecule has 1 aliphatic carbocycles. The number of sulfonamides is 1. The van der Waals surface area contributed by atoms with Crippen molar-refractivity contribution in [3.8, 4) is 6.07 Å². The summed E-state index contributed by atoms with van der Waals surface area (Å²) < 4.78 is 69.4. The molecule has 3 fully saturated rings. The second kappa shape index (κ2) is 9.11. The summed E-state index contributed by atoms with van der Waals surface area (Å²) in [6, 6.07) is -1.92. The summed E-state index contributed by atoms with van der Waals surface area (Å²) in [6.07, 6.45) is -7.03. The van der Waals surface area contributed by atoms with Gasteiger partial charge in [-0.1, -0.05) is 38.9 Å². The maximum atomic E-state index is 14.3. The van der Waals surface area contributed by atoms with Gasteiger partial charge in [0.05, 0.1) is 6.07 Å². The Hall–Kier alpha value is -1.95. The van der Waals surface area contributed by atoms with Crippen LogP contribution in [0, 0.1) is 39.9 Å². The number of hydrogen-bond donors (Lipinski definition) is 3. The molecule has 0 aromatic heterocycles. The van der Waals surface area contributed by atoms with Crippen molar-refractivity contribution in [3.63, 3.8) is 0 Å². The molecule has 0 bridgehead atoms. The predicted molar refractivity (Wildman–Crippen MR) is 122 cm³/mol. The number of nitriles is 1. The van der Waals surface area contributed by atoms with Crippen molar-refractivity contribution >= 4 is 21.8 Å². The number of likely N-dealkylation sites (tertiary alicyclic amines) is 1. The van der Waals surface area contributed by atoms with E-state index in [-0.39, 0.29) is 30.2 Å². The van der Waals surface area contributed by atoms with Crippen LogP contribution in [0.3, 0.4) is 0 Å². The average Bonchev–Trinajstić information content (AvgIpc) is 3.06. The molecule has 4 N–H and O–H groups in total. The third-order valence-electron chi connectivity index (χ3n) is 7.89. The Kier molecular flexibility index (Phi) is 7.24. The lowest BCUT2D eigenvalue weighted by molar-refractivity contribution is -0.218. The molecule has 2 amide bonds. The molecule has 0 spiro atoms.